The van der Waals surface area contributed by atoms with Crippen LogP contribution in [0.4, 0.5) is 0 Å². The predicted octanol–water partition coefficient (Wildman–Crippen LogP) is 3.42. The van der Waals surface area contributed by atoms with Crippen LogP contribution in [-0.2, 0) is 4.74 Å². The van der Waals surface area contributed by atoms with Crippen molar-refractivity contribution in [1.82, 2.24) is 0 Å². The molecule has 1 rings (SSSR count). The van der Waals surface area contributed by atoms with Gasteiger partial charge in [0.05, 0.1) is 11.7 Å². The zero-order valence-electron chi connectivity index (χ0n) is 9.40. The lowest BCUT2D eigenvalue weighted by Gasteiger charge is -2.12. The molecule has 0 N–H and O–H groups in total. The summed E-state index contributed by atoms with van der Waals surface area (Å²) in [7, 11) is 0. The Morgan fingerprint density at radius 2 is 2.00 bits per heavy atom. The summed E-state index contributed by atoms with van der Waals surface area (Å²) >= 11 is 0. The highest BCUT2D eigenvalue weighted by Crippen LogP contribution is 2.08. The third-order valence-corrected chi connectivity index (χ3v) is 2.28. The molecule has 15 heavy (non-hydrogen) atoms. The van der Waals surface area contributed by atoms with Gasteiger partial charge in [-0.25, -0.2) is 4.79 Å². The molecular formula is C13H18O2. The molecule has 0 radical (unpaired) electrons. The van der Waals surface area contributed by atoms with E-state index in [1.807, 2.05) is 25.1 Å². The highest BCUT2D eigenvalue weighted by Gasteiger charge is 2.10. The summed E-state index contributed by atoms with van der Waals surface area (Å²) in [5, 5.41) is 0. The van der Waals surface area contributed by atoms with Gasteiger partial charge in [-0.1, -0.05) is 38.0 Å². The van der Waals surface area contributed by atoms with Gasteiger partial charge in [-0.2, -0.15) is 0 Å². The zero-order valence-corrected chi connectivity index (χ0v) is 9.40. The molecule has 0 aliphatic carbocycles. The zero-order chi connectivity index (χ0) is 11.1. The molecule has 0 spiro atoms. The highest BCUT2D eigenvalue weighted by molar-refractivity contribution is 5.89. The summed E-state index contributed by atoms with van der Waals surface area (Å²) in [6, 6.07) is 9.11. The molecule has 0 aliphatic rings. The molecule has 0 saturated heterocycles. The van der Waals surface area contributed by atoms with Crippen LogP contribution in [0.25, 0.3) is 0 Å². The molecule has 0 aliphatic heterocycles. The largest absolute Gasteiger partial charge is 0.459 e. The number of ether oxygens (including phenoxy) is 1. The van der Waals surface area contributed by atoms with Gasteiger partial charge in [0.2, 0.25) is 0 Å². The van der Waals surface area contributed by atoms with Crippen molar-refractivity contribution in [3.05, 3.63) is 35.9 Å². The van der Waals surface area contributed by atoms with Crippen LogP contribution in [0.3, 0.4) is 0 Å². The smallest absolute Gasteiger partial charge is 0.338 e. The number of rotatable bonds is 5. The molecule has 1 atom stereocenters. The van der Waals surface area contributed by atoms with Gasteiger partial charge in [0.1, 0.15) is 0 Å². The van der Waals surface area contributed by atoms with E-state index in [1.54, 1.807) is 12.1 Å². The number of hydrogen-bond donors (Lipinski definition) is 0. The van der Waals surface area contributed by atoms with E-state index in [2.05, 4.69) is 6.92 Å². The molecule has 0 fully saturated rings. The van der Waals surface area contributed by atoms with E-state index in [9.17, 15) is 4.79 Å². The highest BCUT2D eigenvalue weighted by atomic mass is 16.5. The first kappa shape index (κ1) is 11.8. The second kappa shape index (κ2) is 6.23. The normalized spacial score (nSPS) is 12.1. The number of carbonyl (C=O) groups excluding carboxylic acids is 1. The SMILES string of the molecule is CCCCC(C)OC(=O)c1ccccc1. The summed E-state index contributed by atoms with van der Waals surface area (Å²) in [5.74, 6) is -0.223. The molecule has 2 heteroatoms. The Bertz CT molecular complexity index is 293. The van der Waals surface area contributed by atoms with Gasteiger partial charge in [0, 0.05) is 0 Å². The molecule has 0 saturated carbocycles. The van der Waals surface area contributed by atoms with Gasteiger partial charge < -0.3 is 4.74 Å². The van der Waals surface area contributed by atoms with E-state index in [0.29, 0.717) is 5.56 Å². The minimum absolute atomic E-state index is 0.0117. The molecule has 0 bridgehead atoms. The van der Waals surface area contributed by atoms with E-state index in [0.717, 1.165) is 19.3 Å². The molecule has 1 aromatic rings. The van der Waals surface area contributed by atoms with Crippen molar-refractivity contribution >= 4 is 5.97 Å². The first-order valence-electron chi connectivity index (χ1n) is 5.50. The summed E-state index contributed by atoms with van der Waals surface area (Å²) in [5.41, 5.74) is 0.626. The number of hydrogen-bond acceptors (Lipinski definition) is 2. The van der Waals surface area contributed by atoms with Crippen LogP contribution >= 0.6 is 0 Å². The first-order valence-corrected chi connectivity index (χ1v) is 5.50. The fraction of sp³-hybridized carbons (Fsp3) is 0.462. The van der Waals surface area contributed by atoms with Crippen molar-refractivity contribution < 1.29 is 9.53 Å². The minimum Gasteiger partial charge on any atom is -0.459 e. The van der Waals surface area contributed by atoms with E-state index >= 15 is 0 Å². The topological polar surface area (TPSA) is 26.3 Å². The molecule has 1 aromatic carbocycles. The molecule has 0 amide bonds. The van der Waals surface area contributed by atoms with Crippen LogP contribution in [0, 0.1) is 0 Å². The quantitative estimate of drug-likeness (QED) is 0.690. The second-order valence-corrected chi connectivity index (χ2v) is 3.72. The van der Waals surface area contributed by atoms with Crippen molar-refractivity contribution in [2.24, 2.45) is 0 Å². The number of unbranched alkanes of at least 4 members (excludes halogenated alkanes) is 1. The maximum atomic E-state index is 11.6. The number of carbonyl (C=O) groups is 1. The lowest BCUT2D eigenvalue weighted by Crippen LogP contribution is -2.14. The average molecular weight is 206 g/mol. The summed E-state index contributed by atoms with van der Waals surface area (Å²) < 4.78 is 5.30. The molecule has 82 valence electrons. The predicted molar refractivity (Wildman–Crippen MR) is 60.8 cm³/mol. The van der Waals surface area contributed by atoms with E-state index in [-0.39, 0.29) is 12.1 Å². The Balaban J connectivity index is 2.42. The van der Waals surface area contributed by atoms with Crippen LogP contribution in [0.15, 0.2) is 30.3 Å². The minimum atomic E-state index is -0.223. The van der Waals surface area contributed by atoms with E-state index < -0.39 is 0 Å². The molecule has 2 nitrogen and oxygen atoms in total. The Kier molecular flexibility index (Phi) is 4.88. The fourth-order valence-electron chi connectivity index (χ4n) is 1.38. The van der Waals surface area contributed by atoms with Crippen molar-refractivity contribution in [2.75, 3.05) is 0 Å². The lowest BCUT2D eigenvalue weighted by atomic mass is 10.2. The van der Waals surface area contributed by atoms with Crippen molar-refractivity contribution in [1.29, 1.82) is 0 Å². The Labute approximate surface area is 91.3 Å². The van der Waals surface area contributed by atoms with Crippen molar-refractivity contribution in [3.8, 4) is 0 Å². The van der Waals surface area contributed by atoms with E-state index in [1.165, 1.54) is 0 Å². The van der Waals surface area contributed by atoms with Crippen LogP contribution in [0.5, 0.6) is 0 Å². The van der Waals surface area contributed by atoms with Gasteiger partial charge in [-0.3, -0.25) is 0 Å². The average Bonchev–Trinajstić information content (AvgIpc) is 2.27. The van der Waals surface area contributed by atoms with Crippen LogP contribution in [0.1, 0.15) is 43.5 Å². The summed E-state index contributed by atoms with van der Waals surface area (Å²) in [4.78, 5) is 11.6. The Hall–Kier alpha value is -1.31. The molecular weight excluding hydrogens is 188 g/mol. The number of esters is 1. The third-order valence-electron chi connectivity index (χ3n) is 2.28. The van der Waals surface area contributed by atoms with Gasteiger partial charge in [-0.05, 0) is 25.5 Å². The Morgan fingerprint density at radius 3 is 2.60 bits per heavy atom. The summed E-state index contributed by atoms with van der Waals surface area (Å²) in [6.07, 6.45) is 3.18. The maximum absolute atomic E-state index is 11.6. The third kappa shape index (κ3) is 4.15. The van der Waals surface area contributed by atoms with Gasteiger partial charge in [0.15, 0.2) is 0 Å². The van der Waals surface area contributed by atoms with Gasteiger partial charge >= 0.3 is 5.97 Å². The van der Waals surface area contributed by atoms with Crippen molar-refractivity contribution in [2.45, 2.75) is 39.2 Å². The summed E-state index contributed by atoms with van der Waals surface area (Å²) in [6.45, 7) is 4.07. The molecule has 0 heterocycles. The molecule has 1 unspecified atom stereocenters. The van der Waals surface area contributed by atoms with Crippen LogP contribution < -0.4 is 0 Å². The maximum Gasteiger partial charge on any atom is 0.338 e. The second-order valence-electron chi connectivity index (χ2n) is 3.72. The van der Waals surface area contributed by atoms with Gasteiger partial charge in [-0.15, -0.1) is 0 Å². The van der Waals surface area contributed by atoms with Gasteiger partial charge in [0.25, 0.3) is 0 Å². The van der Waals surface area contributed by atoms with Crippen molar-refractivity contribution in [3.63, 3.8) is 0 Å². The fourth-order valence-corrected chi connectivity index (χ4v) is 1.38. The molecule has 0 aromatic heterocycles. The monoisotopic (exact) mass is 206 g/mol. The van der Waals surface area contributed by atoms with E-state index in [4.69, 9.17) is 4.74 Å². The number of benzene rings is 1. The van der Waals surface area contributed by atoms with Crippen LogP contribution in [0.2, 0.25) is 0 Å². The van der Waals surface area contributed by atoms with Crippen LogP contribution in [-0.4, -0.2) is 12.1 Å². The Morgan fingerprint density at radius 1 is 1.33 bits per heavy atom. The standard InChI is InChI=1S/C13H18O2/c1-3-4-8-11(2)15-13(14)12-9-6-5-7-10-12/h5-7,9-11H,3-4,8H2,1-2H3. The first-order chi connectivity index (χ1) is 7.24. The lowest BCUT2D eigenvalue weighted by molar-refractivity contribution is 0.0320.